The van der Waals surface area contributed by atoms with Crippen LogP contribution in [0.2, 0.25) is 0 Å². The molecular weight excluding hydrogens is 658 g/mol. The number of fused-ring (bicyclic) bond motifs is 5. The fourth-order valence-electron chi connectivity index (χ4n) is 6.89. The molecule has 258 valence electrons. The molecule has 3 aliphatic heterocycles. The molecule has 0 aliphatic carbocycles. The van der Waals surface area contributed by atoms with Crippen LogP contribution in [0.3, 0.4) is 0 Å². The summed E-state index contributed by atoms with van der Waals surface area (Å²) < 4.78 is 28.2. The van der Waals surface area contributed by atoms with Crippen molar-refractivity contribution in [2.75, 3.05) is 0 Å². The summed E-state index contributed by atoms with van der Waals surface area (Å²) >= 11 is 0. The Bertz CT molecular complexity index is 2110. The minimum Gasteiger partial charge on any atom is -0.449 e. The van der Waals surface area contributed by atoms with Crippen molar-refractivity contribution in [3.05, 3.63) is 143 Å². The predicted octanol–water partition coefficient (Wildman–Crippen LogP) is 11.1. The lowest BCUT2D eigenvalue weighted by molar-refractivity contribution is 0.381. The van der Waals surface area contributed by atoms with Crippen LogP contribution in [0, 0.1) is 0 Å². The molecule has 1 N–H and O–H groups in total. The third kappa shape index (κ3) is 5.69. The first-order chi connectivity index (χ1) is 23.8. The predicted molar refractivity (Wildman–Crippen MR) is 205 cm³/mol. The highest BCUT2D eigenvalue weighted by Crippen LogP contribution is 2.59. The summed E-state index contributed by atoms with van der Waals surface area (Å²) in [5.74, 6) is 2.96. The van der Waals surface area contributed by atoms with Crippen LogP contribution in [0.1, 0.15) is 94.7 Å². The molecule has 50 heavy (non-hydrogen) atoms. The van der Waals surface area contributed by atoms with E-state index in [9.17, 15) is 0 Å². The number of benzene rings is 2. The van der Waals surface area contributed by atoms with Crippen molar-refractivity contribution < 1.29 is 13.8 Å². The second-order valence-corrected chi connectivity index (χ2v) is 18.9. The molecule has 1 unspecified atom stereocenters. The first kappa shape index (κ1) is 33.0. The molecule has 1 atom stereocenters. The van der Waals surface area contributed by atoms with Crippen LogP contribution in [-0.4, -0.2) is 13.0 Å². The van der Waals surface area contributed by atoms with Gasteiger partial charge in [-0.25, -0.2) is 0 Å². The lowest BCUT2D eigenvalue weighted by Gasteiger charge is -2.39. The van der Waals surface area contributed by atoms with Gasteiger partial charge >= 0.3 is 16.9 Å². The monoisotopic (exact) mass is 704 g/mol. The van der Waals surface area contributed by atoms with E-state index in [4.69, 9.17) is 13.8 Å². The number of allylic oxidation sites excluding steroid dienone is 3. The van der Waals surface area contributed by atoms with Crippen molar-refractivity contribution in [1.82, 2.24) is 18.1 Å². The average molecular weight is 705 g/mol. The zero-order valence-electron chi connectivity index (χ0n) is 30.2. The van der Waals surface area contributed by atoms with Gasteiger partial charge in [-0.2, -0.15) is 0 Å². The highest BCUT2D eigenvalue weighted by atomic mass is 31.2. The second-order valence-electron chi connectivity index (χ2n) is 16.0. The molecule has 5 aromatic rings. The lowest BCUT2D eigenvalue weighted by atomic mass is 9.72. The molecule has 9 heteroatoms. The van der Waals surface area contributed by atoms with E-state index in [1.165, 1.54) is 28.2 Å². The molecule has 7 nitrogen and oxygen atoms in total. The van der Waals surface area contributed by atoms with Gasteiger partial charge in [0.05, 0.1) is 0 Å². The minimum atomic E-state index is -1.31. The summed E-state index contributed by atoms with van der Waals surface area (Å²) in [6, 6.07) is 21.9. The highest BCUT2D eigenvalue weighted by molar-refractivity contribution is 7.50. The average Bonchev–Trinajstić information content (AvgIpc) is 3.83. The molecular formula is C41H46N4O3P2. The van der Waals surface area contributed by atoms with Crippen LogP contribution < -0.4 is 18.9 Å². The standard InChI is InChI=1S/C41H46N4O3P2/c1-39(2,3)28-23-33-37(35(25-28)47-49-42-19-11-9-10-15-30-16-12-20-43(30)49)46-38-34(41(33,7)8)24-29(40(4,5)6)26-36(38)48-50-44-21-13-17-31(44)27-32-18-14-22-45(32)50/h9-14,16-26,42H,15,27H2,1-8H3/b10-9+,19-11-. The molecule has 0 radical (unpaired) electrons. The van der Waals surface area contributed by atoms with E-state index in [-0.39, 0.29) is 10.8 Å². The van der Waals surface area contributed by atoms with Gasteiger partial charge in [0.1, 0.15) is 0 Å². The van der Waals surface area contributed by atoms with Gasteiger partial charge in [-0.05, 0) is 76.6 Å². The number of rotatable bonds is 4. The first-order valence-electron chi connectivity index (χ1n) is 17.4. The minimum absolute atomic E-state index is 0.107. The summed E-state index contributed by atoms with van der Waals surface area (Å²) in [7, 11) is -2.56. The van der Waals surface area contributed by atoms with E-state index in [0.29, 0.717) is 0 Å². The van der Waals surface area contributed by atoms with Crippen molar-refractivity contribution >= 4 is 16.9 Å². The molecule has 6 heterocycles. The molecule has 0 saturated carbocycles. The van der Waals surface area contributed by atoms with Crippen LogP contribution >= 0.6 is 16.9 Å². The van der Waals surface area contributed by atoms with Crippen molar-refractivity contribution in [3.8, 4) is 23.0 Å². The highest BCUT2D eigenvalue weighted by Gasteiger charge is 2.41. The third-order valence-electron chi connectivity index (χ3n) is 9.97. The summed E-state index contributed by atoms with van der Waals surface area (Å²) in [5.41, 5.74) is 7.68. The van der Waals surface area contributed by atoms with Gasteiger partial charge in [-0.1, -0.05) is 79.7 Å². The largest absolute Gasteiger partial charge is 0.449 e. The Labute approximate surface area is 298 Å². The Morgan fingerprint density at radius 2 is 1.24 bits per heavy atom. The van der Waals surface area contributed by atoms with Gasteiger partial charge in [0.2, 0.25) is 0 Å². The molecule has 0 spiro atoms. The Hall–Kier alpha value is -4.18. The van der Waals surface area contributed by atoms with E-state index in [2.05, 4.69) is 165 Å². The maximum atomic E-state index is 7.21. The molecule has 3 aromatic heterocycles. The number of aromatic nitrogens is 3. The van der Waals surface area contributed by atoms with Crippen molar-refractivity contribution in [2.45, 2.75) is 84.5 Å². The van der Waals surface area contributed by atoms with E-state index < -0.39 is 22.3 Å². The van der Waals surface area contributed by atoms with Crippen LogP contribution in [0.15, 0.2) is 104 Å². The molecule has 0 bridgehead atoms. The summed E-state index contributed by atoms with van der Waals surface area (Å²) in [6.45, 7) is 18.2. The second kappa shape index (κ2) is 12.0. The Morgan fingerprint density at radius 1 is 0.700 bits per heavy atom. The fourth-order valence-corrected chi connectivity index (χ4v) is 10.1. The Balaban J connectivity index is 1.29. The van der Waals surface area contributed by atoms with E-state index in [0.717, 1.165) is 47.0 Å². The van der Waals surface area contributed by atoms with Crippen molar-refractivity contribution in [3.63, 3.8) is 0 Å². The van der Waals surface area contributed by atoms with Gasteiger partial charge in [0.25, 0.3) is 0 Å². The van der Waals surface area contributed by atoms with Crippen molar-refractivity contribution in [1.29, 1.82) is 0 Å². The maximum absolute atomic E-state index is 7.21. The van der Waals surface area contributed by atoms with Gasteiger partial charge in [0, 0.05) is 71.3 Å². The first-order valence-corrected chi connectivity index (χ1v) is 19.8. The number of ether oxygens (including phenoxy) is 1. The number of nitrogens with one attached hydrogen (secondary N) is 1. The van der Waals surface area contributed by atoms with E-state index in [1.54, 1.807) is 0 Å². The van der Waals surface area contributed by atoms with E-state index >= 15 is 0 Å². The fraction of sp³-hybridized carbons (Fsp3) is 0.317. The maximum Gasteiger partial charge on any atom is 0.318 e. The Morgan fingerprint density at radius 3 is 1.82 bits per heavy atom. The van der Waals surface area contributed by atoms with Gasteiger partial charge in [0.15, 0.2) is 23.0 Å². The number of nitrogens with zero attached hydrogens (tertiary/aromatic N) is 3. The van der Waals surface area contributed by atoms with Gasteiger partial charge in [-0.15, -0.1) is 0 Å². The molecule has 3 aliphatic rings. The molecule has 0 saturated heterocycles. The quantitative estimate of drug-likeness (QED) is 0.189. The Kier molecular flexibility index (Phi) is 7.89. The number of hydrogen-bond donors (Lipinski definition) is 1. The van der Waals surface area contributed by atoms with Crippen molar-refractivity contribution in [2.24, 2.45) is 0 Å². The normalized spacial score (nSPS) is 19.2. The third-order valence-corrected chi connectivity index (χ3v) is 13.4. The van der Waals surface area contributed by atoms with Gasteiger partial charge < -0.3 is 18.9 Å². The molecule has 8 rings (SSSR count). The van der Waals surface area contributed by atoms with Gasteiger partial charge in [-0.3, -0.25) is 13.0 Å². The summed E-state index contributed by atoms with van der Waals surface area (Å²) in [6.07, 6.45) is 16.3. The summed E-state index contributed by atoms with van der Waals surface area (Å²) in [5, 5.41) is 3.55. The smallest absolute Gasteiger partial charge is 0.318 e. The van der Waals surface area contributed by atoms with Crippen LogP contribution in [-0.2, 0) is 29.1 Å². The van der Waals surface area contributed by atoms with Crippen LogP contribution in [0.25, 0.3) is 0 Å². The summed E-state index contributed by atoms with van der Waals surface area (Å²) in [4.78, 5) is 0. The van der Waals surface area contributed by atoms with Crippen LogP contribution in [0.5, 0.6) is 23.0 Å². The lowest BCUT2D eigenvalue weighted by Crippen LogP contribution is -2.28. The SMILES string of the molecule is CC(C)(C)c1cc(OP2N/C=C\C=C\Cc3cccn32)c2c(c1)C(C)(C)c1cc(C(C)(C)C)cc(OP3n4cccc4Cc4cccn43)c1O2. The molecule has 0 amide bonds. The molecule has 2 aromatic carbocycles. The molecule has 0 fully saturated rings. The zero-order valence-corrected chi connectivity index (χ0v) is 32.0. The number of hydrogen-bond acceptors (Lipinski definition) is 4. The van der Waals surface area contributed by atoms with E-state index in [1.807, 2.05) is 12.3 Å². The zero-order chi connectivity index (χ0) is 35.0. The topological polar surface area (TPSA) is 54.5 Å². The van der Waals surface area contributed by atoms with Crippen LogP contribution in [0.4, 0.5) is 0 Å².